The third-order valence-electron chi connectivity index (χ3n) is 4.63. The van der Waals surface area contributed by atoms with Crippen molar-refractivity contribution in [1.29, 1.82) is 0 Å². The minimum Gasteiger partial charge on any atom is -0.383 e. The van der Waals surface area contributed by atoms with Gasteiger partial charge in [0, 0.05) is 49.7 Å². The van der Waals surface area contributed by atoms with Crippen molar-refractivity contribution in [2.75, 3.05) is 44.9 Å². The summed E-state index contributed by atoms with van der Waals surface area (Å²) in [5.41, 5.74) is 1.69. The van der Waals surface area contributed by atoms with Gasteiger partial charge in [0.15, 0.2) is 0 Å². The van der Waals surface area contributed by atoms with E-state index in [4.69, 9.17) is 4.74 Å². The van der Waals surface area contributed by atoms with E-state index in [1.807, 2.05) is 60.5 Å². The van der Waals surface area contributed by atoms with Crippen LogP contribution in [0.2, 0.25) is 0 Å². The molecule has 0 bridgehead atoms. The minimum absolute atomic E-state index is 0.0467. The van der Waals surface area contributed by atoms with Crippen LogP contribution in [-0.4, -0.2) is 65.9 Å². The zero-order valence-electron chi connectivity index (χ0n) is 17.8. The van der Waals surface area contributed by atoms with Crippen LogP contribution in [0.1, 0.15) is 5.69 Å². The van der Waals surface area contributed by atoms with Crippen LogP contribution in [0.5, 0.6) is 0 Å². The number of nitrogens with one attached hydrogen (secondary N) is 1. The number of carbonyl (C=O) groups excluding carboxylic acids is 2. The smallest absolute Gasteiger partial charge is 0.322 e. The molecule has 3 amide bonds. The molecule has 0 atom stereocenters. The van der Waals surface area contributed by atoms with Gasteiger partial charge in [0.05, 0.1) is 13.2 Å². The maximum Gasteiger partial charge on any atom is 0.322 e. The maximum absolute atomic E-state index is 13.0. The molecule has 0 radical (unpaired) electrons. The Morgan fingerprint density at radius 1 is 1.23 bits per heavy atom. The molecule has 162 valence electrons. The third-order valence-corrected chi connectivity index (χ3v) is 5.37. The monoisotopic (exact) mass is 430 g/mol. The van der Waals surface area contributed by atoms with E-state index < -0.39 is 0 Å². The molecule has 0 saturated carbocycles. The fourth-order valence-corrected chi connectivity index (χ4v) is 3.27. The summed E-state index contributed by atoms with van der Waals surface area (Å²) in [5, 5.41) is 2.85. The van der Waals surface area contributed by atoms with Gasteiger partial charge in [-0.25, -0.2) is 4.79 Å². The van der Waals surface area contributed by atoms with Crippen LogP contribution in [0.4, 0.5) is 10.5 Å². The van der Waals surface area contributed by atoms with Gasteiger partial charge in [0.25, 0.3) is 0 Å². The molecule has 2 aromatic rings. The van der Waals surface area contributed by atoms with E-state index in [9.17, 15) is 9.59 Å². The molecule has 0 unspecified atom stereocenters. The van der Waals surface area contributed by atoms with Crippen LogP contribution >= 0.6 is 11.8 Å². The van der Waals surface area contributed by atoms with Crippen LogP contribution in [-0.2, 0) is 23.1 Å². The van der Waals surface area contributed by atoms with Crippen molar-refractivity contribution in [3.8, 4) is 0 Å². The SMILES string of the molecule is C=CCN(CC(=O)N(CCOC)Cc1cccn1C)C(=O)Nc1ccc(SC)cc1. The van der Waals surface area contributed by atoms with Gasteiger partial charge in [-0.05, 0) is 42.7 Å². The lowest BCUT2D eigenvalue weighted by Gasteiger charge is -2.27. The van der Waals surface area contributed by atoms with E-state index in [1.54, 1.807) is 29.8 Å². The number of aryl methyl sites for hydroxylation is 1. The highest BCUT2D eigenvalue weighted by Crippen LogP contribution is 2.18. The number of methoxy groups -OCH3 is 1. The Balaban J connectivity index is 2.06. The molecule has 1 N–H and O–H groups in total. The predicted octanol–water partition coefficient (Wildman–Crippen LogP) is 3.44. The van der Waals surface area contributed by atoms with Crippen LogP contribution in [0.15, 0.2) is 60.1 Å². The zero-order chi connectivity index (χ0) is 21.9. The number of amides is 3. The lowest BCUT2D eigenvalue weighted by atomic mass is 10.3. The quantitative estimate of drug-likeness (QED) is 0.438. The highest BCUT2D eigenvalue weighted by atomic mass is 32.2. The number of rotatable bonds is 11. The topological polar surface area (TPSA) is 66.8 Å². The van der Waals surface area contributed by atoms with Gasteiger partial charge < -0.3 is 24.4 Å². The number of thioether (sulfide) groups is 1. The molecule has 0 fully saturated rings. The normalized spacial score (nSPS) is 10.5. The summed E-state index contributed by atoms with van der Waals surface area (Å²) in [4.78, 5) is 30.0. The third kappa shape index (κ3) is 6.96. The molecular formula is C22H30N4O3S. The molecule has 0 aliphatic heterocycles. The van der Waals surface area contributed by atoms with E-state index in [2.05, 4.69) is 11.9 Å². The molecule has 8 heteroatoms. The predicted molar refractivity (Wildman–Crippen MR) is 122 cm³/mol. The van der Waals surface area contributed by atoms with Crippen LogP contribution in [0.25, 0.3) is 0 Å². The first-order chi connectivity index (χ1) is 14.5. The largest absolute Gasteiger partial charge is 0.383 e. The van der Waals surface area contributed by atoms with Crippen molar-refractivity contribution >= 4 is 29.4 Å². The molecule has 2 rings (SSSR count). The van der Waals surface area contributed by atoms with E-state index in [-0.39, 0.29) is 25.0 Å². The van der Waals surface area contributed by atoms with Gasteiger partial charge in [-0.1, -0.05) is 6.08 Å². The van der Waals surface area contributed by atoms with Gasteiger partial charge in [-0.3, -0.25) is 4.79 Å². The average molecular weight is 431 g/mol. The van der Waals surface area contributed by atoms with Crippen molar-refractivity contribution in [3.63, 3.8) is 0 Å². The first-order valence-electron chi connectivity index (χ1n) is 9.66. The molecule has 0 aliphatic rings. The molecular weight excluding hydrogens is 400 g/mol. The van der Waals surface area contributed by atoms with Crippen molar-refractivity contribution in [1.82, 2.24) is 14.4 Å². The summed E-state index contributed by atoms with van der Waals surface area (Å²) in [6, 6.07) is 11.1. The maximum atomic E-state index is 13.0. The lowest BCUT2D eigenvalue weighted by Crippen LogP contribution is -2.45. The first-order valence-corrected chi connectivity index (χ1v) is 10.9. The summed E-state index contributed by atoms with van der Waals surface area (Å²) in [7, 11) is 3.54. The fraction of sp³-hybridized carbons (Fsp3) is 0.364. The Morgan fingerprint density at radius 3 is 2.53 bits per heavy atom. The number of hydrogen-bond acceptors (Lipinski definition) is 4. The Kier molecular flexibility index (Phi) is 9.50. The number of carbonyl (C=O) groups is 2. The van der Waals surface area contributed by atoms with Gasteiger partial charge in [-0.15, -0.1) is 18.3 Å². The molecule has 7 nitrogen and oxygen atoms in total. The Labute approximate surface area is 182 Å². The van der Waals surface area contributed by atoms with Crippen molar-refractivity contribution in [2.24, 2.45) is 7.05 Å². The summed E-state index contributed by atoms with van der Waals surface area (Å²) in [6.45, 7) is 5.25. The number of aromatic nitrogens is 1. The van der Waals surface area contributed by atoms with Gasteiger partial charge in [0.1, 0.15) is 6.54 Å². The van der Waals surface area contributed by atoms with Crippen LogP contribution < -0.4 is 5.32 Å². The molecule has 1 aromatic carbocycles. The molecule has 0 aliphatic carbocycles. The van der Waals surface area contributed by atoms with E-state index >= 15 is 0 Å². The van der Waals surface area contributed by atoms with Gasteiger partial charge >= 0.3 is 6.03 Å². The van der Waals surface area contributed by atoms with E-state index in [0.717, 1.165) is 10.6 Å². The molecule has 0 saturated heterocycles. The number of urea groups is 1. The highest BCUT2D eigenvalue weighted by Gasteiger charge is 2.21. The second kappa shape index (κ2) is 12.1. The van der Waals surface area contributed by atoms with E-state index in [1.165, 1.54) is 4.90 Å². The number of nitrogens with zero attached hydrogens (tertiary/aromatic N) is 3. The van der Waals surface area contributed by atoms with Crippen molar-refractivity contribution < 1.29 is 14.3 Å². The van der Waals surface area contributed by atoms with Crippen molar-refractivity contribution in [3.05, 3.63) is 60.9 Å². The molecule has 30 heavy (non-hydrogen) atoms. The molecule has 0 spiro atoms. The number of hydrogen-bond donors (Lipinski definition) is 1. The average Bonchev–Trinajstić information content (AvgIpc) is 3.15. The number of anilines is 1. The Hall–Kier alpha value is -2.71. The highest BCUT2D eigenvalue weighted by molar-refractivity contribution is 7.98. The van der Waals surface area contributed by atoms with Gasteiger partial charge in [0.2, 0.25) is 5.91 Å². The number of ether oxygens (including phenoxy) is 1. The molecule has 1 heterocycles. The molecule has 1 aromatic heterocycles. The zero-order valence-corrected chi connectivity index (χ0v) is 18.7. The van der Waals surface area contributed by atoms with Crippen LogP contribution in [0, 0.1) is 0 Å². The second-order valence-corrected chi connectivity index (χ2v) is 7.63. The van der Waals surface area contributed by atoms with Crippen molar-refractivity contribution in [2.45, 2.75) is 11.4 Å². The first kappa shape index (κ1) is 23.6. The second-order valence-electron chi connectivity index (χ2n) is 6.75. The minimum atomic E-state index is -0.342. The lowest BCUT2D eigenvalue weighted by molar-refractivity contribution is -0.133. The van der Waals surface area contributed by atoms with Gasteiger partial charge in [-0.2, -0.15) is 0 Å². The summed E-state index contributed by atoms with van der Waals surface area (Å²) in [5.74, 6) is -0.150. The standard InChI is InChI=1S/C22H30N4O3S/c1-5-12-26(22(28)23-18-8-10-20(30-4)11-9-18)17-21(27)25(14-15-29-3)16-19-7-6-13-24(19)2/h5-11,13H,1,12,14-17H2,2-4H3,(H,23,28). The fourth-order valence-electron chi connectivity index (χ4n) is 2.86. The Bertz CT molecular complexity index is 835. The summed E-state index contributed by atoms with van der Waals surface area (Å²) in [6.07, 6.45) is 5.55. The summed E-state index contributed by atoms with van der Waals surface area (Å²) < 4.78 is 7.13. The summed E-state index contributed by atoms with van der Waals surface area (Å²) >= 11 is 1.63. The number of benzene rings is 1. The van der Waals surface area contributed by atoms with Crippen LogP contribution in [0.3, 0.4) is 0 Å². The van der Waals surface area contributed by atoms with E-state index in [0.29, 0.717) is 25.4 Å². The Morgan fingerprint density at radius 2 is 1.97 bits per heavy atom.